The maximum absolute atomic E-state index is 11.1. The van der Waals surface area contributed by atoms with Gasteiger partial charge in [-0.15, -0.1) is 11.3 Å². The first kappa shape index (κ1) is 14.2. The van der Waals surface area contributed by atoms with E-state index in [1.54, 1.807) is 6.92 Å². The lowest BCUT2D eigenvalue weighted by atomic mass is 10.3. The van der Waals surface area contributed by atoms with E-state index < -0.39 is 6.10 Å². The van der Waals surface area contributed by atoms with Crippen LogP contribution in [0.25, 0.3) is 0 Å². The topological polar surface area (TPSA) is 69.8 Å². The minimum Gasteiger partial charge on any atom is -0.388 e. The Morgan fingerprint density at radius 1 is 1.47 bits per heavy atom. The number of anilines is 1. The van der Waals surface area contributed by atoms with E-state index in [0.29, 0.717) is 9.88 Å². The number of nitro groups is 1. The van der Waals surface area contributed by atoms with Gasteiger partial charge in [-0.25, -0.2) is 0 Å². The summed E-state index contributed by atoms with van der Waals surface area (Å²) in [6, 6.07) is 1.50. The molecule has 0 aromatic carbocycles. The van der Waals surface area contributed by atoms with Gasteiger partial charge in [-0.05, 0) is 13.5 Å². The first-order valence-electron chi connectivity index (χ1n) is 6.46. The van der Waals surface area contributed by atoms with Crippen LogP contribution in [0, 0.1) is 10.1 Å². The predicted molar refractivity (Wildman–Crippen MR) is 75.9 cm³/mol. The van der Waals surface area contributed by atoms with Gasteiger partial charge in [0, 0.05) is 37.1 Å². The van der Waals surface area contributed by atoms with Crippen LogP contribution in [-0.4, -0.2) is 47.7 Å². The second-order valence-electron chi connectivity index (χ2n) is 4.69. The quantitative estimate of drug-likeness (QED) is 0.675. The molecule has 1 aromatic rings. The maximum Gasteiger partial charge on any atom is 0.304 e. The summed E-state index contributed by atoms with van der Waals surface area (Å²) >= 11 is 1.33. The molecule has 1 fully saturated rings. The van der Waals surface area contributed by atoms with E-state index in [4.69, 9.17) is 0 Å². The molecule has 106 valence electrons. The number of piperazine rings is 1. The number of hydrogen-bond acceptors (Lipinski definition) is 6. The van der Waals surface area contributed by atoms with Crippen molar-refractivity contribution in [2.24, 2.45) is 0 Å². The van der Waals surface area contributed by atoms with Crippen LogP contribution in [0.15, 0.2) is 6.07 Å². The molecule has 2 rings (SSSR count). The molecule has 6 nitrogen and oxygen atoms in total. The highest BCUT2D eigenvalue weighted by molar-refractivity contribution is 7.16. The fourth-order valence-electron chi connectivity index (χ4n) is 2.22. The summed E-state index contributed by atoms with van der Waals surface area (Å²) in [4.78, 5) is 15.8. The Bertz CT molecular complexity index is 453. The van der Waals surface area contributed by atoms with Crippen molar-refractivity contribution in [1.82, 2.24) is 4.90 Å². The molecule has 0 amide bonds. The largest absolute Gasteiger partial charge is 0.388 e. The first-order chi connectivity index (χ1) is 9.02. The molecule has 0 radical (unpaired) electrons. The molecule has 1 aromatic heterocycles. The third-order valence-corrected chi connectivity index (χ3v) is 4.78. The molecule has 0 saturated carbocycles. The predicted octanol–water partition coefficient (Wildman–Crippen LogP) is 1.85. The van der Waals surface area contributed by atoms with Gasteiger partial charge in [0.2, 0.25) is 0 Å². The van der Waals surface area contributed by atoms with Gasteiger partial charge in [-0.2, -0.15) is 0 Å². The molecular weight excluding hydrogens is 266 g/mol. The van der Waals surface area contributed by atoms with Gasteiger partial charge in [0.25, 0.3) is 0 Å². The van der Waals surface area contributed by atoms with Crippen LogP contribution in [0.4, 0.5) is 10.7 Å². The average molecular weight is 285 g/mol. The van der Waals surface area contributed by atoms with E-state index in [1.807, 2.05) is 0 Å². The fraction of sp³-hybridized carbons (Fsp3) is 0.667. The number of hydrogen-bond donors (Lipinski definition) is 1. The number of aliphatic hydroxyl groups excluding tert-OH is 1. The number of likely N-dealkylation sites (N-methyl/N-ethyl adjacent to an activating group) is 1. The molecule has 0 bridgehead atoms. The minimum absolute atomic E-state index is 0.117. The van der Waals surface area contributed by atoms with Crippen molar-refractivity contribution in [3.8, 4) is 0 Å². The van der Waals surface area contributed by atoms with Gasteiger partial charge in [0.15, 0.2) is 5.00 Å². The zero-order valence-electron chi connectivity index (χ0n) is 11.2. The lowest BCUT2D eigenvalue weighted by Crippen LogP contribution is -2.46. The maximum atomic E-state index is 11.1. The summed E-state index contributed by atoms with van der Waals surface area (Å²) < 4.78 is 0. The zero-order chi connectivity index (χ0) is 14.0. The van der Waals surface area contributed by atoms with Crippen LogP contribution < -0.4 is 4.90 Å². The molecule has 1 aliphatic rings. The monoisotopic (exact) mass is 285 g/mol. The number of rotatable bonds is 4. The molecular formula is C12H19N3O3S. The highest BCUT2D eigenvalue weighted by Gasteiger charge is 2.27. The second kappa shape index (κ2) is 5.85. The van der Waals surface area contributed by atoms with Gasteiger partial charge in [0.1, 0.15) is 0 Å². The summed E-state index contributed by atoms with van der Waals surface area (Å²) in [7, 11) is 0. The van der Waals surface area contributed by atoms with Crippen LogP contribution in [0.1, 0.15) is 24.8 Å². The molecule has 7 heteroatoms. The summed E-state index contributed by atoms with van der Waals surface area (Å²) in [5.74, 6) is 0. The summed E-state index contributed by atoms with van der Waals surface area (Å²) in [6.45, 7) is 8.22. The van der Waals surface area contributed by atoms with Crippen LogP contribution in [-0.2, 0) is 0 Å². The molecule has 1 N–H and O–H groups in total. The van der Waals surface area contributed by atoms with Crippen molar-refractivity contribution < 1.29 is 10.0 Å². The molecule has 0 spiro atoms. The first-order valence-corrected chi connectivity index (χ1v) is 7.28. The van der Waals surface area contributed by atoms with Gasteiger partial charge < -0.3 is 14.9 Å². The van der Waals surface area contributed by atoms with Crippen molar-refractivity contribution in [2.45, 2.75) is 20.0 Å². The Kier molecular flexibility index (Phi) is 4.38. The summed E-state index contributed by atoms with van der Waals surface area (Å²) in [5, 5.41) is 21.4. The third kappa shape index (κ3) is 3.05. The van der Waals surface area contributed by atoms with Gasteiger partial charge in [-0.1, -0.05) is 6.92 Å². The van der Waals surface area contributed by atoms with E-state index in [1.165, 1.54) is 17.4 Å². The van der Waals surface area contributed by atoms with E-state index >= 15 is 0 Å². The lowest BCUT2D eigenvalue weighted by Gasteiger charge is -2.34. The molecule has 1 saturated heterocycles. The van der Waals surface area contributed by atoms with Crippen molar-refractivity contribution in [2.75, 3.05) is 37.6 Å². The van der Waals surface area contributed by atoms with Crippen molar-refractivity contribution >= 4 is 22.0 Å². The molecule has 1 aliphatic heterocycles. The number of thiophene rings is 1. The second-order valence-corrected chi connectivity index (χ2v) is 5.76. The molecule has 2 heterocycles. The van der Waals surface area contributed by atoms with E-state index in [2.05, 4.69) is 16.7 Å². The lowest BCUT2D eigenvalue weighted by molar-refractivity contribution is -0.383. The number of aliphatic hydroxyl groups is 1. The molecule has 19 heavy (non-hydrogen) atoms. The van der Waals surface area contributed by atoms with Crippen LogP contribution in [0.2, 0.25) is 0 Å². The van der Waals surface area contributed by atoms with Crippen molar-refractivity contribution in [3.05, 3.63) is 21.1 Å². The van der Waals surface area contributed by atoms with E-state index in [-0.39, 0.29) is 10.6 Å². The van der Waals surface area contributed by atoms with Gasteiger partial charge in [0.05, 0.1) is 11.0 Å². The SMILES string of the molecule is CCN1CCN(c2sc(C(C)O)cc2[N+](=O)[O-])CC1. The molecule has 1 unspecified atom stereocenters. The Balaban J connectivity index is 2.21. The zero-order valence-corrected chi connectivity index (χ0v) is 12.0. The van der Waals surface area contributed by atoms with Crippen molar-refractivity contribution in [1.29, 1.82) is 0 Å². The Morgan fingerprint density at radius 3 is 2.58 bits per heavy atom. The highest BCUT2D eigenvalue weighted by atomic mass is 32.1. The van der Waals surface area contributed by atoms with Crippen LogP contribution >= 0.6 is 11.3 Å². The normalized spacial score (nSPS) is 18.6. The average Bonchev–Trinajstić information content (AvgIpc) is 2.84. The Hall–Kier alpha value is -1.18. The fourth-order valence-corrected chi connectivity index (χ4v) is 3.33. The smallest absolute Gasteiger partial charge is 0.304 e. The van der Waals surface area contributed by atoms with Crippen molar-refractivity contribution in [3.63, 3.8) is 0 Å². The van der Waals surface area contributed by atoms with E-state index in [0.717, 1.165) is 32.7 Å². The minimum atomic E-state index is -0.658. The molecule has 0 aliphatic carbocycles. The standard InChI is InChI=1S/C12H19N3O3S/c1-3-13-4-6-14(7-5-13)12-10(15(17)18)8-11(19-12)9(2)16/h8-9,16H,3-7H2,1-2H3. The van der Waals surface area contributed by atoms with Crippen LogP contribution in [0.3, 0.4) is 0 Å². The summed E-state index contributed by atoms with van der Waals surface area (Å²) in [5.41, 5.74) is 0.117. The molecule has 1 atom stereocenters. The Labute approximate surface area is 116 Å². The Morgan fingerprint density at radius 2 is 2.11 bits per heavy atom. The third-order valence-electron chi connectivity index (χ3n) is 3.43. The summed E-state index contributed by atoms with van der Waals surface area (Å²) in [6.07, 6.45) is -0.658. The van der Waals surface area contributed by atoms with Gasteiger partial charge in [-0.3, -0.25) is 10.1 Å². The van der Waals surface area contributed by atoms with Crippen LogP contribution in [0.5, 0.6) is 0 Å². The number of nitrogens with zero attached hydrogens (tertiary/aromatic N) is 3. The van der Waals surface area contributed by atoms with E-state index in [9.17, 15) is 15.2 Å². The van der Waals surface area contributed by atoms with Gasteiger partial charge >= 0.3 is 5.69 Å². The highest BCUT2D eigenvalue weighted by Crippen LogP contribution is 2.40.